The summed E-state index contributed by atoms with van der Waals surface area (Å²) in [6, 6.07) is 10.5. The van der Waals surface area contributed by atoms with Gasteiger partial charge in [0, 0.05) is 18.4 Å². The average Bonchev–Trinajstić information content (AvgIpc) is 2.95. The van der Waals surface area contributed by atoms with Gasteiger partial charge in [0.1, 0.15) is 0 Å². The van der Waals surface area contributed by atoms with E-state index in [1.54, 1.807) is 7.11 Å². The normalized spacial score (nSPS) is 31.7. The van der Waals surface area contributed by atoms with E-state index in [1.165, 1.54) is 25.5 Å². The first-order valence-corrected chi connectivity index (χ1v) is 9.71. The van der Waals surface area contributed by atoms with Crippen molar-refractivity contribution >= 4 is 5.97 Å². The molecule has 3 nitrogen and oxygen atoms in total. The Hall–Kier alpha value is -1.61. The highest BCUT2D eigenvalue weighted by Gasteiger charge is 2.55. The van der Waals surface area contributed by atoms with Crippen LogP contribution in [0.4, 0.5) is 0 Å². The van der Waals surface area contributed by atoms with Crippen LogP contribution in [0.1, 0.15) is 57.9 Å². The van der Waals surface area contributed by atoms with Crippen LogP contribution in [-0.4, -0.2) is 26.3 Å². The van der Waals surface area contributed by atoms with Crippen molar-refractivity contribution in [2.75, 3.05) is 14.2 Å². The Morgan fingerprint density at radius 3 is 2.19 bits per heavy atom. The van der Waals surface area contributed by atoms with E-state index < -0.39 is 0 Å². The van der Waals surface area contributed by atoms with Crippen LogP contribution in [0, 0.1) is 16.7 Å². The number of carbonyl (C=O) groups excluding carboxylic acids is 1. The van der Waals surface area contributed by atoms with Crippen molar-refractivity contribution in [1.82, 2.24) is 0 Å². The van der Waals surface area contributed by atoms with Gasteiger partial charge in [0.25, 0.3) is 0 Å². The predicted octanol–water partition coefficient (Wildman–Crippen LogP) is 5.12. The molecule has 0 N–H and O–H groups in total. The number of benzene rings is 1. The Morgan fingerprint density at radius 2 is 1.69 bits per heavy atom. The number of ether oxygens (including phenoxy) is 2. The highest BCUT2D eigenvalue weighted by Crippen LogP contribution is 2.59. The first-order valence-electron chi connectivity index (χ1n) is 9.71. The van der Waals surface area contributed by atoms with Crippen LogP contribution >= 0.6 is 0 Å². The minimum Gasteiger partial charge on any atom is -0.466 e. The van der Waals surface area contributed by atoms with E-state index in [-0.39, 0.29) is 23.4 Å². The van der Waals surface area contributed by atoms with E-state index in [0.717, 1.165) is 12.8 Å². The standard InChI is InChI=1S/C23H32O3/c1-22(2,3)17-11-13-23(14-12-17)19(16-9-7-6-8-10-16)15-18(20(23)25-4)21(24)26-5/h6-10,15,17,19-20H,11-14H2,1-5H3/t17?,19-,20-,23?/m0/s1. The predicted molar refractivity (Wildman–Crippen MR) is 104 cm³/mol. The number of hydrogen-bond acceptors (Lipinski definition) is 3. The molecule has 0 aliphatic heterocycles. The zero-order chi connectivity index (χ0) is 18.9. The third-order valence-corrected chi connectivity index (χ3v) is 6.73. The van der Waals surface area contributed by atoms with Crippen molar-refractivity contribution in [3.05, 3.63) is 47.5 Å². The lowest BCUT2D eigenvalue weighted by Gasteiger charge is -2.48. The topological polar surface area (TPSA) is 35.5 Å². The highest BCUT2D eigenvalue weighted by atomic mass is 16.5. The van der Waals surface area contributed by atoms with Crippen molar-refractivity contribution in [2.24, 2.45) is 16.7 Å². The zero-order valence-electron chi connectivity index (χ0n) is 16.7. The van der Waals surface area contributed by atoms with Gasteiger partial charge in [0.2, 0.25) is 0 Å². The maximum atomic E-state index is 12.4. The lowest BCUT2D eigenvalue weighted by atomic mass is 9.58. The van der Waals surface area contributed by atoms with Crippen LogP contribution in [0.25, 0.3) is 0 Å². The molecule has 142 valence electrons. The molecule has 0 saturated heterocycles. The second-order valence-electron chi connectivity index (χ2n) is 8.99. The molecule has 26 heavy (non-hydrogen) atoms. The molecule has 1 aromatic carbocycles. The second-order valence-corrected chi connectivity index (χ2v) is 8.99. The van der Waals surface area contributed by atoms with E-state index in [9.17, 15) is 4.79 Å². The quantitative estimate of drug-likeness (QED) is 0.705. The summed E-state index contributed by atoms with van der Waals surface area (Å²) in [5, 5.41) is 0. The molecule has 1 spiro atoms. The lowest BCUT2D eigenvalue weighted by Crippen LogP contribution is -2.43. The number of allylic oxidation sites excluding steroid dienone is 1. The van der Waals surface area contributed by atoms with Crippen LogP contribution in [0.15, 0.2) is 42.0 Å². The lowest BCUT2D eigenvalue weighted by molar-refractivity contribution is -0.138. The molecule has 0 amide bonds. The number of hydrogen-bond donors (Lipinski definition) is 0. The van der Waals surface area contributed by atoms with Crippen LogP contribution in [0.2, 0.25) is 0 Å². The van der Waals surface area contributed by atoms with Crippen LogP contribution in [-0.2, 0) is 14.3 Å². The van der Waals surface area contributed by atoms with Gasteiger partial charge >= 0.3 is 5.97 Å². The molecule has 0 aromatic heterocycles. The minimum absolute atomic E-state index is 0.0542. The molecule has 3 heteroatoms. The maximum Gasteiger partial charge on any atom is 0.336 e. The molecular weight excluding hydrogens is 324 g/mol. The van der Waals surface area contributed by atoms with Crippen molar-refractivity contribution in [1.29, 1.82) is 0 Å². The molecule has 1 saturated carbocycles. The van der Waals surface area contributed by atoms with Gasteiger partial charge in [0.05, 0.1) is 18.8 Å². The summed E-state index contributed by atoms with van der Waals surface area (Å²) in [6.45, 7) is 7.01. The Kier molecular flexibility index (Phi) is 5.30. The number of esters is 1. The molecule has 0 bridgehead atoms. The SMILES string of the molecule is COC(=O)C1=C[C@@H](c2ccccc2)C2(CCC(C(C)(C)C)CC2)[C@H]1OC. The monoisotopic (exact) mass is 356 g/mol. The van der Waals surface area contributed by atoms with Gasteiger partial charge < -0.3 is 9.47 Å². The number of carbonyl (C=O) groups is 1. The molecule has 0 heterocycles. The van der Waals surface area contributed by atoms with Gasteiger partial charge in [-0.15, -0.1) is 0 Å². The Balaban J connectivity index is 1.99. The van der Waals surface area contributed by atoms with Crippen LogP contribution in [0.3, 0.4) is 0 Å². The smallest absolute Gasteiger partial charge is 0.336 e. The highest BCUT2D eigenvalue weighted by molar-refractivity contribution is 5.91. The third-order valence-electron chi connectivity index (χ3n) is 6.73. The van der Waals surface area contributed by atoms with Gasteiger partial charge in [-0.25, -0.2) is 4.79 Å². The van der Waals surface area contributed by atoms with Crippen molar-refractivity contribution in [3.63, 3.8) is 0 Å². The van der Waals surface area contributed by atoms with E-state index in [0.29, 0.717) is 16.9 Å². The Bertz CT molecular complexity index is 660. The summed E-state index contributed by atoms with van der Waals surface area (Å²) in [6.07, 6.45) is 6.42. The molecule has 0 unspecified atom stereocenters. The summed E-state index contributed by atoms with van der Waals surface area (Å²) >= 11 is 0. The second kappa shape index (κ2) is 7.19. The molecule has 1 aromatic rings. The molecule has 0 radical (unpaired) electrons. The van der Waals surface area contributed by atoms with Gasteiger partial charge in [-0.2, -0.15) is 0 Å². The average molecular weight is 357 g/mol. The third kappa shape index (κ3) is 3.22. The molecule has 2 atom stereocenters. The fourth-order valence-corrected chi connectivity index (χ4v) is 5.24. The Morgan fingerprint density at radius 1 is 1.08 bits per heavy atom. The summed E-state index contributed by atoms with van der Waals surface area (Å²) in [5.41, 5.74) is 2.23. The fraction of sp³-hybridized carbons (Fsp3) is 0.609. The molecule has 2 aliphatic rings. The Labute approximate surface area is 157 Å². The minimum atomic E-state index is -0.257. The van der Waals surface area contributed by atoms with Crippen molar-refractivity contribution in [3.8, 4) is 0 Å². The summed E-state index contributed by atoms with van der Waals surface area (Å²) in [7, 11) is 3.18. The van der Waals surface area contributed by atoms with Gasteiger partial charge in [-0.3, -0.25) is 0 Å². The molecular formula is C23H32O3. The fourth-order valence-electron chi connectivity index (χ4n) is 5.24. The van der Waals surface area contributed by atoms with Gasteiger partial charge in [-0.1, -0.05) is 57.2 Å². The van der Waals surface area contributed by atoms with E-state index in [4.69, 9.17) is 9.47 Å². The number of rotatable bonds is 3. The van der Waals surface area contributed by atoms with E-state index in [2.05, 4.69) is 51.1 Å². The molecule has 3 rings (SSSR count). The van der Waals surface area contributed by atoms with Gasteiger partial charge in [0.15, 0.2) is 0 Å². The first kappa shape index (κ1) is 19.2. The summed E-state index contributed by atoms with van der Waals surface area (Å²) in [5.74, 6) is 0.653. The van der Waals surface area contributed by atoms with Crippen LogP contribution < -0.4 is 0 Å². The first-order chi connectivity index (χ1) is 12.3. The molecule has 1 fully saturated rings. The van der Waals surface area contributed by atoms with Crippen molar-refractivity contribution in [2.45, 2.75) is 58.5 Å². The molecule has 2 aliphatic carbocycles. The summed E-state index contributed by atoms with van der Waals surface area (Å²) < 4.78 is 11.0. The van der Waals surface area contributed by atoms with Crippen molar-refractivity contribution < 1.29 is 14.3 Å². The van der Waals surface area contributed by atoms with E-state index in [1.807, 2.05) is 6.07 Å². The van der Waals surface area contributed by atoms with Gasteiger partial charge in [-0.05, 0) is 42.6 Å². The van der Waals surface area contributed by atoms with E-state index >= 15 is 0 Å². The maximum absolute atomic E-state index is 12.4. The van der Waals surface area contributed by atoms with Crippen LogP contribution in [0.5, 0.6) is 0 Å². The summed E-state index contributed by atoms with van der Waals surface area (Å²) in [4.78, 5) is 12.4. The number of methoxy groups -OCH3 is 2. The largest absolute Gasteiger partial charge is 0.466 e. The zero-order valence-corrected chi connectivity index (χ0v) is 16.7.